The van der Waals surface area contributed by atoms with Crippen molar-refractivity contribution in [1.82, 2.24) is 4.98 Å². The van der Waals surface area contributed by atoms with E-state index in [0.717, 1.165) is 0 Å². The number of hydrogen-bond acceptors (Lipinski definition) is 2. The third-order valence-electron chi connectivity index (χ3n) is 1.58. The molecule has 6 heteroatoms. The summed E-state index contributed by atoms with van der Waals surface area (Å²) in [7, 11) is 0. The van der Waals surface area contributed by atoms with E-state index >= 15 is 0 Å². The first kappa shape index (κ1) is 11.0. The predicted molar refractivity (Wildman–Crippen MR) is 44.1 cm³/mol. The molecule has 0 aliphatic carbocycles. The van der Waals surface area contributed by atoms with Crippen LogP contribution in [0.15, 0.2) is 6.07 Å². The van der Waals surface area contributed by atoms with Crippen molar-refractivity contribution in [3.63, 3.8) is 0 Å². The van der Waals surface area contributed by atoms with Gasteiger partial charge in [-0.25, -0.2) is 18.2 Å². The molecule has 0 aliphatic heterocycles. The van der Waals surface area contributed by atoms with Gasteiger partial charge in [0.25, 0.3) is 6.43 Å². The molecule has 0 amide bonds. The Labute approximate surface area is 82.7 Å². The average Bonchev–Trinajstić information content (AvgIpc) is 2.17. The van der Waals surface area contributed by atoms with E-state index in [9.17, 15) is 18.0 Å². The van der Waals surface area contributed by atoms with Crippen molar-refractivity contribution in [2.45, 2.75) is 12.3 Å². The number of aldehydes is 1. The Morgan fingerprint density at radius 3 is 2.64 bits per heavy atom. The lowest BCUT2D eigenvalue weighted by atomic mass is 10.2. The SMILES string of the molecule is O=Cc1nc(CCl)c(F)cc1C(F)F. The summed E-state index contributed by atoms with van der Waals surface area (Å²) in [6.45, 7) is 0. The number of alkyl halides is 3. The Balaban J connectivity index is 3.31. The number of aromatic nitrogens is 1. The summed E-state index contributed by atoms with van der Waals surface area (Å²) in [6.07, 6.45) is -2.78. The molecule has 0 spiro atoms. The fourth-order valence-corrected chi connectivity index (χ4v) is 1.11. The standard InChI is InChI=1S/C8H5ClF3NO/c9-2-6-5(10)1-4(8(11)12)7(3-14)13-6/h1,3,8H,2H2. The number of carbonyl (C=O) groups is 1. The van der Waals surface area contributed by atoms with Crippen LogP contribution >= 0.6 is 11.6 Å². The summed E-state index contributed by atoms with van der Waals surface area (Å²) >= 11 is 5.29. The van der Waals surface area contributed by atoms with Gasteiger partial charge in [0.15, 0.2) is 6.29 Å². The highest BCUT2D eigenvalue weighted by molar-refractivity contribution is 6.16. The summed E-state index contributed by atoms with van der Waals surface area (Å²) in [5, 5.41) is 0. The lowest BCUT2D eigenvalue weighted by Gasteiger charge is -2.05. The minimum absolute atomic E-state index is 0.150. The van der Waals surface area contributed by atoms with Gasteiger partial charge < -0.3 is 0 Å². The van der Waals surface area contributed by atoms with E-state index in [0.29, 0.717) is 6.07 Å². The minimum atomic E-state index is -2.93. The van der Waals surface area contributed by atoms with Gasteiger partial charge in [0, 0.05) is 5.56 Å². The molecule has 0 saturated carbocycles. The van der Waals surface area contributed by atoms with Gasteiger partial charge in [-0.3, -0.25) is 4.79 Å². The van der Waals surface area contributed by atoms with E-state index in [1.165, 1.54) is 0 Å². The second-order valence-electron chi connectivity index (χ2n) is 2.44. The summed E-state index contributed by atoms with van der Waals surface area (Å²) < 4.78 is 37.4. The van der Waals surface area contributed by atoms with Gasteiger partial charge in [0.2, 0.25) is 0 Å². The van der Waals surface area contributed by atoms with Crippen molar-refractivity contribution in [2.75, 3.05) is 0 Å². The largest absolute Gasteiger partial charge is 0.296 e. The fourth-order valence-electron chi connectivity index (χ4n) is 0.920. The van der Waals surface area contributed by atoms with Gasteiger partial charge in [0.1, 0.15) is 11.5 Å². The molecule has 1 aromatic rings. The maximum Gasteiger partial charge on any atom is 0.266 e. The van der Waals surface area contributed by atoms with Crippen molar-refractivity contribution < 1.29 is 18.0 Å². The van der Waals surface area contributed by atoms with E-state index in [1.807, 2.05) is 0 Å². The Kier molecular flexibility index (Phi) is 3.46. The molecule has 0 radical (unpaired) electrons. The Hall–Kier alpha value is -1.10. The van der Waals surface area contributed by atoms with Crippen molar-refractivity contribution >= 4 is 17.9 Å². The summed E-state index contributed by atoms with van der Waals surface area (Å²) in [6, 6.07) is 0.582. The molecule has 0 bridgehead atoms. The fraction of sp³-hybridized carbons (Fsp3) is 0.250. The molecule has 1 heterocycles. The number of rotatable bonds is 3. The highest BCUT2D eigenvalue weighted by atomic mass is 35.5. The normalized spacial score (nSPS) is 10.6. The molecule has 1 rings (SSSR count). The smallest absolute Gasteiger partial charge is 0.266 e. The average molecular weight is 224 g/mol. The van der Waals surface area contributed by atoms with Crippen LogP contribution in [-0.2, 0) is 5.88 Å². The molecular weight excluding hydrogens is 219 g/mol. The zero-order chi connectivity index (χ0) is 10.7. The molecule has 2 nitrogen and oxygen atoms in total. The second kappa shape index (κ2) is 4.41. The van der Waals surface area contributed by atoms with Crippen LogP contribution in [0.25, 0.3) is 0 Å². The van der Waals surface area contributed by atoms with Crippen molar-refractivity contribution in [2.24, 2.45) is 0 Å². The molecule has 0 aliphatic rings. The van der Waals surface area contributed by atoms with Crippen LogP contribution in [-0.4, -0.2) is 11.3 Å². The summed E-state index contributed by atoms with van der Waals surface area (Å²) in [4.78, 5) is 13.7. The molecule has 76 valence electrons. The molecule has 0 saturated heterocycles. The van der Waals surface area contributed by atoms with Crippen molar-refractivity contribution in [3.8, 4) is 0 Å². The summed E-state index contributed by atoms with van der Waals surface area (Å²) in [5.74, 6) is -1.20. The Morgan fingerprint density at radius 1 is 1.57 bits per heavy atom. The zero-order valence-corrected chi connectivity index (χ0v) is 7.56. The molecule has 14 heavy (non-hydrogen) atoms. The second-order valence-corrected chi connectivity index (χ2v) is 2.71. The topological polar surface area (TPSA) is 30.0 Å². The highest BCUT2D eigenvalue weighted by Crippen LogP contribution is 2.23. The molecule has 1 aromatic heterocycles. The van der Waals surface area contributed by atoms with E-state index < -0.39 is 23.5 Å². The molecule has 0 fully saturated rings. The van der Waals surface area contributed by atoms with Crippen LogP contribution in [0.4, 0.5) is 13.2 Å². The third kappa shape index (κ3) is 2.04. The number of carbonyl (C=O) groups excluding carboxylic acids is 1. The van der Waals surface area contributed by atoms with E-state index in [1.54, 1.807) is 0 Å². The van der Waals surface area contributed by atoms with Crippen molar-refractivity contribution in [1.29, 1.82) is 0 Å². The zero-order valence-electron chi connectivity index (χ0n) is 6.81. The first-order valence-corrected chi connectivity index (χ1v) is 4.12. The molecule has 0 atom stereocenters. The van der Waals surface area contributed by atoms with Gasteiger partial charge in [-0.2, -0.15) is 0 Å². The van der Waals surface area contributed by atoms with Gasteiger partial charge in [-0.1, -0.05) is 0 Å². The lowest BCUT2D eigenvalue weighted by molar-refractivity contribution is 0.110. The quantitative estimate of drug-likeness (QED) is 0.583. The van der Waals surface area contributed by atoms with E-state index in [2.05, 4.69) is 4.98 Å². The van der Waals surface area contributed by atoms with E-state index in [4.69, 9.17) is 11.6 Å². The van der Waals surface area contributed by atoms with Crippen LogP contribution in [0.1, 0.15) is 28.2 Å². The van der Waals surface area contributed by atoms with E-state index in [-0.39, 0.29) is 17.9 Å². The predicted octanol–water partition coefficient (Wildman–Crippen LogP) is 2.71. The first-order valence-electron chi connectivity index (χ1n) is 3.58. The number of pyridine rings is 1. The van der Waals surface area contributed by atoms with Gasteiger partial charge in [-0.15, -0.1) is 11.6 Å². The lowest BCUT2D eigenvalue weighted by Crippen LogP contribution is -2.03. The monoisotopic (exact) mass is 223 g/mol. The molecular formula is C8H5ClF3NO. The van der Waals surface area contributed by atoms with Crippen LogP contribution in [0.3, 0.4) is 0 Å². The number of nitrogens with zero attached hydrogens (tertiary/aromatic N) is 1. The Bertz CT molecular complexity index is 357. The van der Waals surface area contributed by atoms with Gasteiger partial charge in [0.05, 0.1) is 11.6 Å². The molecule has 0 aromatic carbocycles. The maximum absolute atomic E-state index is 12.9. The van der Waals surface area contributed by atoms with Crippen LogP contribution in [0.5, 0.6) is 0 Å². The van der Waals surface area contributed by atoms with Crippen LogP contribution < -0.4 is 0 Å². The molecule has 0 N–H and O–H groups in total. The summed E-state index contributed by atoms with van der Waals surface area (Å²) in [5.41, 5.74) is -1.40. The van der Waals surface area contributed by atoms with Crippen LogP contribution in [0, 0.1) is 5.82 Å². The van der Waals surface area contributed by atoms with Crippen molar-refractivity contribution in [3.05, 3.63) is 28.8 Å². The maximum atomic E-state index is 12.9. The van der Waals surface area contributed by atoms with Crippen LogP contribution in [0.2, 0.25) is 0 Å². The molecule has 0 unspecified atom stereocenters. The number of hydrogen-bond donors (Lipinski definition) is 0. The van der Waals surface area contributed by atoms with Gasteiger partial charge >= 0.3 is 0 Å². The first-order chi connectivity index (χ1) is 6.60. The van der Waals surface area contributed by atoms with Gasteiger partial charge in [-0.05, 0) is 6.07 Å². The Morgan fingerprint density at radius 2 is 2.21 bits per heavy atom. The third-order valence-corrected chi connectivity index (χ3v) is 1.84. The highest BCUT2D eigenvalue weighted by Gasteiger charge is 2.17. The minimum Gasteiger partial charge on any atom is -0.296 e. The number of halogens is 4.